The molecule has 0 fully saturated rings. The van der Waals surface area contributed by atoms with Crippen molar-refractivity contribution in [3.8, 4) is 6.07 Å². The summed E-state index contributed by atoms with van der Waals surface area (Å²) in [6, 6.07) is 1.80. The van der Waals surface area contributed by atoms with Gasteiger partial charge in [0, 0.05) is 26.2 Å². The van der Waals surface area contributed by atoms with Gasteiger partial charge in [0.1, 0.15) is 5.78 Å². The lowest BCUT2D eigenvalue weighted by molar-refractivity contribution is -0.118. The van der Waals surface area contributed by atoms with Crippen LogP contribution >= 0.6 is 0 Å². The Kier molecular flexibility index (Phi) is 9.31. The third-order valence-corrected chi connectivity index (χ3v) is 3.24. The zero-order valence-electron chi connectivity index (χ0n) is 9.19. The van der Waals surface area contributed by atoms with E-state index < -0.39 is 9.53 Å². The van der Waals surface area contributed by atoms with Crippen LogP contribution in [0.1, 0.15) is 26.7 Å². The summed E-state index contributed by atoms with van der Waals surface area (Å²) in [7, 11) is -2.05. The second-order valence-electron chi connectivity index (χ2n) is 2.69. The van der Waals surface area contributed by atoms with Crippen molar-refractivity contribution >= 4 is 15.3 Å². The van der Waals surface area contributed by atoms with Crippen molar-refractivity contribution in [1.82, 2.24) is 0 Å². The van der Waals surface area contributed by atoms with Crippen LogP contribution < -0.4 is 0 Å². The van der Waals surface area contributed by atoms with Crippen LogP contribution in [0.4, 0.5) is 0 Å². The Hall–Kier alpha value is -0.743. The summed E-state index contributed by atoms with van der Waals surface area (Å²) in [6.07, 6.45) is 0.191. The molecule has 0 aromatic rings. The molecule has 6 heteroatoms. The summed E-state index contributed by atoms with van der Waals surface area (Å²) in [4.78, 5) is 11.0. The number of nitriles is 1. The van der Waals surface area contributed by atoms with Gasteiger partial charge in [0.25, 0.3) is 0 Å². The molecule has 0 bridgehead atoms. The highest BCUT2D eigenvalue weighted by molar-refractivity contribution is 6.36. The highest BCUT2D eigenvalue weighted by Crippen LogP contribution is 1.96. The standard InChI is InChI=1S/C9H17NO4Si/c1-3-12-15(13-4-2)14-8-6-9(11)5-7-10/h15H,3-6,8H2,1-2H3. The van der Waals surface area contributed by atoms with Crippen LogP contribution in [-0.4, -0.2) is 35.1 Å². The summed E-state index contributed by atoms with van der Waals surface area (Å²) >= 11 is 0. The molecule has 0 spiro atoms. The minimum atomic E-state index is -2.05. The number of nitrogens with zero attached hydrogens (tertiary/aromatic N) is 1. The van der Waals surface area contributed by atoms with E-state index in [0.717, 1.165) is 0 Å². The number of carbonyl (C=O) groups is 1. The molecule has 0 aliphatic rings. The molecule has 15 heavy (non-hydrogen) atoms. The summed E-state index contributed by atoms with van der Waals surface area (Å²) in [6.45, 7) is 5.09. The number of carbonyl (C=O) groups excluding carboxylic acids is 1. The molecule has 0 aromatic heterocycles. The SMILES string of the molecule is CCO[SiH](OCC)OCCC(=O)CC#N. The molecule has 0 aliphatic carbocycles. The van der Waals surface area contributed by atoms with Crippen LogP contribution in [0.2, 0.25) is 0 Å². The van der Waals surface area contributed by atoms with E-state index in [1.165, 1.54) is 0 Å². The second kappa shape index (κ2) is 9.80. The average molecular weight is 231 g/mol. The molecule has 5 nitrogen and oxygen atoms in total. The summed E-state index contributed by atoms with van der Waals surface area (Å²) in [5.41, 5.74) is 0. The molecule has 0 saturated carbocycles. The largest absolute Gasteiger partial charge is 0.484 e. The molecule has 0 radical (unpaired) electrons. The highest BCUT2D eigenvalue weighted by atomic mass is 28.3. The first-order chi connectivity index (χ1) is 7.24. The van der Waals surface area contributed by atoms with Gasteiger partial charge in [-0.3, -0.25) is 4.79 Å². The minimum absolute atomic E-state index is 0.0567. The monoisotopic (exact) mass is 231 g/mol. The van der Waals surface area contributed by atoms with Crippen molar-refractivity contribution in [2.75, 3.05) is 19.8 Å². The number of ketones is 1. The predicted molar refractivity (Wildman–Crippen MR) is 56.2 cm³/mol. The van der Waals surface area contributed by atoms with E-state index in [4.69, 9.17) is 18.5 Å². The van der Waals surface area contributed by atoms with Gasteiger partial charge in [-0.2, -0.15) is 5.26 Å². The molecule has 0 rings (SSSR count). The molecular formula is C9H17NO4Si. The zero-order valence-corrected chi connectivity index (χ0v) is 10.3. The second-order valence-corrected chi connectivity index (χ2v) is 4.27. The van der Waals surface area contributed by atoms with Gasteiger partial charge in [-0.15, -0.1) is 0 Å². The van der Waals surface area contributed by atoms with Crippen LogP contribution in [0.15, 0.2) is 0 Å². The molecule has 0 aromatic carbocycles. The van der Waals surface area contributed by atoms with Crippen LogP contribution in [0.3, 0.4) is 0 Å². The Labute approximate surface area is 91.9 Å². The Morgan fingerprint density at radius 2 is 1.87 bits per heavy atom. The highest BCUT2D eigenvalue weighted by Gasteiger charge is 2.14. The molecule has 0 amide bonds. The van der Waals surface area contributed by atoms with Gasteiger partial charge in [-0.25, -0.2) is 0 Å². The van der Waals surface area contributed by atoms with Crippen molar-refractivity contribution < 1.29 is 18.1 Å². The first kappa shape index (κ1) is 14.3. The van der Waals surface area contributed by atoms with E-state index in [0.29, 0.717) is 13.2 Å². The summed E-state index contributed by atoms with van der Waals surface area (Å²) in [5.74, 6) is -0.113. The van der Waals surface area contributed by atoms with E-state index in [1.54, 1.807) is 6.07 Å². The number of hydrogen-bond donors (Lipinski definition) is 0. The van der Waals surface area contributed by atoms with E-state index in [2.05, 4.69) is 0 Å². The first-order valence-corrected chi connectivity index (χ1v) is 6.39. The smallest absolute Gasteiger partial charge is 0.376 e. The average Bonchev–Trinajstić information content (AvgIpc) is 2.19. The van der Waals surface area contributed by atoms with Crippen molar-refractivity contribution in [3.05, 3.63) is 0 Å². The maximum atomic E-state index is 11.0. The van der Waals surface area contributed by atoms with Crippen LogP contribution in [-0.2, 0) is 18.1 Å². The van der Waals surface area contributed by atoms with Gasteiger partial charge in [-0.1, -0.05) is 0 Å². The van der Waals surface area contributed by atoms with E-state index >= 15 is 0 Å². The van der Waals surface area contributed by atoms with E-state index in [-0.39, 0.29) is 25.2 Å². The third kappa shape index (κ3) is 8.26. The lowest BCUT2D eigenvalue weighted by Gasteiger charge is -2.14. The minimum Gasteiger partial charge on any atom is -0.376 e. The van der Waals surface area contributed by atoms with Crippen LogP contribution in [0.5, 0.6) is 0 Å². The Bertz CT molecular complexity index is 211. The van der Waals surface area contributed by atoms with Crippen molar-refractivity contribution in [2.45, 2.75) is 26.7 Å². The first-order valence-electron chi connectivity index (χ1n) is 4.98. The molecular weight excluding hydrogens is 214 g/mol. The molecule has 86 valence electrons. The predicted octanol–water partition coefficient (Wildman–Crippen LogP) is 0.666. The summed E-state index contributed by atoms with van der Waals surface area (Å²) < 4.78 is 15.8. The Balaban J connectivity index is 3.61. The number of rotatable bonds is 9. The van der Waals surface area contributed by atoms with E-state index in [1.807, 2.05) is 13.8 Å². The van der Waals surface area contributed by atoms with Gasteiger partial charge in [0.2, 0.25) is 0 Å². The van der Waals surface area contributed by atoms with Gasteiger partial charge in [0.15, 0.2) is 0 Å². The number of Topliss-reactive ketones (excluding diaryl/α,β-unsaturated/α-hetero) is 1. The molecule has 0 aliphatic heterocycles. The lowest BCUT2D eigenvalue weighted by atomic mass is 10.2. The van der Waals surface area contributed by atoms with Crippen LogP contribution in [0.25, 0.3) is 0 Å². The van der Waals surface area contributed by atoms with E-state index in [9.17, 15) is 4.79 Å². The Morgan fingerprint density at radius 1 is 1.27 bits per heavy atom. The normalized spacial score (nSPS) is 10.3. The quantitative estimate of drug-likeness (QED) is 0.545. The topological polar surface area (TPSA) is 68.6 Å². The maximum absolute atomic E-state index is 11.0. The molecule has 0 atom stereocenters. The lowest BCUT2D eigenvalue weighted by Crippen LogP contribution is -2.28. The summed E-state index contributed by atoms with van der Waals surface area (Å²) in [5, 5.41) is 8.26. The Morgan fingerprint density at radius 3 is 2.33 bits per heavy atom. The molecule has 0 unspecified atom stereocenters. The van der Waals surface area contributed by atoms with Gasteiger partial charge < -0.3 is 13.3 Å². The fraction of sp³-hybridized carbons (Fsp3) is 0.778. The van der Waals surface area contributed by atoms with Gasteiger partial charge in [0.05, 0.1) is 12.5 Å². The fourth-order valence-electron chi connectivity index (χ4n) is 0.862. The maximum Gasteiger partial charge on any atom is 0.484 e. The molecule has 0 heterocycles. The van der Waals surface area contributed by atoms with Crippen LogP contribution in [0, 0.1) is 11.3 Å². The van der Waals surface area contributed by atoms with Gasteiger partial charge >= 0.3 is 9.53 Å². The molecule has 0 N–H and O–H groups in total. The number of hydrogen-bond acceptors (Lipinski definition) is 5. The molecule has 0 saturated heterocycles. The van der Waals surface area contributed by atoms with Crippen molar-refractivity contribution in [1.29, 1.82) is 5.26 Å². The van der Waals surface area contributed by atoms with Gasteiger partial charge in [-0.05, 0) is 13.8 Å². The fourth-order valence-corrected chi connectivity index (χ4v) is 2.01. The third-order valence-electron chi connectivity index (χ3n) is 1.52. The van der Waals surface area contributed by atoms with Crippen molar-refractivity contribution in [3.63, 3.8) is 0 Å². The zero-order chi connectivity index (χ0) is 11.5. The van der Waals surface area contributed by atoms with Crippen molar-refractivity contribution in [2.24, 2.45) is 0 Å².